The number of hydrogen-bond acceptors (Lipinski definition) is 3. The maximum atomic E-state index is 13.0. The van der Waals surface area contributed by atoms with E-state index in [1.165, 1.54) is 0 Å². The molecule has 5 nitrogen and oxygen atoms in total. The summed E-state index contributed by atoms with van der Waals surface area (Å²) in [6.07, 6.45) is 1.53. The minimum Gasteiger partial charge on any atom is -0.396 e. The molecule has 1 heterocycles. The molecule has 0 unspecified atom stereocenters. The lowest BCUT2D eigenvalue weighted by atomic mass is 9.80. The number of aryl methyl sites for hydroxylation is 1. The van der Waals surface area contributed by atoms with Gasteiger partial charge >= 0.3 is 6.03 Å². The van der Waals surface area contributed by atoms with Crippen molar-refractivity contribution in [1.82, 2.24) is 10.2 Å². The van der Waals surface area contributed by atoms with Crippen LogP contribution in [0.15, 0.2) is 54.6 Å². The number of carbonyl (C=O) groups is 1. The summed E-state index contributed by atoms with van der Waals surface area (Å²) in [5.74, 6) is 0. The fraction of sp³-hybridized carbons (Fsp3) is 0.435. The molecule has 150 valence electrons. The quantitative estimate of drug-likeness (QED) is 0.804. The summed E-state index contributed by atoms with van der Waals surface area (Å²) in [4.78, 5) is 14.7. The van der Waals surface area contributed by atoms with E-state index in [1.54, 1.807) is 11.9 Å². The molecule has 1 aliphatic rings. The third kappa shape index (κ3) is 4.72. The Bertz CT molecular complexity index is 772. The molecule has 2 aromatic carbocycles. The molecule has 0 aromatic heterocycles. The van der Waals surface area contributed by atoms with Gasteiger partial charge in [-0.2, -0.15) is 0 Å². The highest BCUT2D eigenvalue weighted by molar-refractivity contribution is 5.75. The largest absolute Gasteiger partial charge is 0.396 e. The van der Waals surface area contributed by atoms with Gasteiger partial charge in [0.05, 0.1) is 12.6 Å². The number of nitrogens with one attached hydrogen (secondary N) is 1. The molecule has 28 heavy (non-hydrogen) atoms. The van der Waals surface area contributed by atoms with E-state index in [-0.39, 0.29) is 24.1 Å². The van der Waals surface area contributed by atoms with E-state index >= 15 is 0 Å². The van der Waals surface area contributed by atoms with Crippen LogP contribution in [0.5, 0.6) is 0 Å². The summed E-state index contributed by atoms with van der Waals surface area (Å²) in [5, 5.41) is 13.1. The van der Waals surface area contributed by atoms with Crippen molar-refractivity contribution in [1.29, 1.82) is 0 Å². The number of urea groups is 1. The first-order valence-corrected chi connectivity index (χ1v) is 9.85. The average molecular weight is 383 g/mol. The monoisotopic (exact) mass is 382 g/mol. The molecule has 1 fully saturated rings. The maximum Gasteiger partial charge on any atom is 0.317 e. The molecule has 0 saturated carbocycles. The van der Waals surface area contributed by atoms with Crippen LogP contribution in [0.1, 0.15) is 35.6 Å². The van der Waals surface area contributed by atoms with Crippen molar-refractivity contribution >= 4 is 6.03 Å². The zero-order chi connectivity index (χ0) is 20.0. The summed E-state index contributed by atoms with van der Waals surface area (Å²) in [7, 11) is 1.79. The van der Waals surface area contributed by atoms with E-state index in [2.05, 4.69) is 24.4 Å². The minimum atomic E-state index is -0.282. The van der Waals surface area contributed by atoms with Crippen LogP contribution in [0, 0.1) is 12.3 Å². The summed E-state index contributed by atoms with van der Waals surface area (Å²) >= 11 is 0. The predicted octanol–water partition coefficient (Wildman–Crippen LogP) is 3.51. The number of rotatable bonds is 6. The SMILES string of the molecule is Cc1ccccc1[C@H](NC(=O)N(C)CC1(CO)CCOCC1)c1ccccc1. The van der Waals surface area contributed by atoms with Gasteiger partial charge in [-0.1, -0.05) is 54.6 Å². The van der Waals surface area contributed by atoms with E-state index in [4.69, 9.17) is 4.74 Å². The predicted molar refractivity (Wildman–Crippen MR) is 110 cm³/mol. The third-order valence-electron chi connectivity index (χ3n) is 5.71. The van der Waals surface area contributed by atoms with Crippen molar-refractivity contribution in [3.63, 3.8) is 0 Å². The molecule has 3 rings (SSSR count). The van der Waals surface area contributed by atoms with Crippen molar-refractivity contribution in [2.24, 2.45) is 5.41 Å². The maximum absolute atomic E-state index is 13.0. The van der Waals surface area contributed by atoms with Crippen LogP contribution in [-0.4, -0.2) is 49.5 Å². The topological polar surface area (TPSA) is 61.8 Å². The highest BCUT2D eigenvalue weighted by Gasteiger charge is 2.34. The summed E-state index contributed by atoms with van der Waals surface area (Å²) in [6, 6.07) is 17.8. The molecule has 2 N–H and O–H groups in total. The highest BCUT2D eigenvalue weighted by atomic mass is 16.5. The molecular weight excluding hydrogens is 352 g/mol. The Balaban J connectivity index is 1.78. The smallest absolute Gasteiger partial charge is 0.317 e. The molecule has 0 bridgehead atoms. The second-order valence-corrected chi connectivity index (χ2v) is 7.78. The van der Waals surface area contributed by atoms with Gasteiger partial charge in [0, 0.05) is 32.2 Å². The Morgan fingerprint density at radius 2 is 1.79 bits per heavy atom. The van der Waals surface area contributed by atoms with Gasteiger partial charge in [-0.25, -0.2) is 4.79 Å². The van der Waals surface area contributed by atoms with Crippen LogP contribution in [-0.2, 0) is 4.74 Å². The van der Waals surface area contributed by atoms with Crippen molar-refractivity contribution in [3.05, 3.63) is 71.3 Å². The number of nitrogens with zero attached hydrogens (tertiary/aromatic N) is 1. The number of carbonyl (C=O) groups excluding carboxylic acids is 1. The second-order valence-electron chi connectivity index (χ2n) is 7.78. The van der Waals surface area contributed by atoms with E-state index < -0.39 is 0 Å². The lowest BCUT2D eigenvalue weighted by Crippen LogP contribution is -2.48. The number of aliphatic hydroxyl groups excluding tert-OH is 1. The van der Waals surface area contributed by atoms with E-state index in [0.29, 0.717) is 19.8 Å². The minimum absolute atomic E-state index is 0.0634. The first-order chi connectivity index (χ1) is 13.5. The number of benzene rings is 2. The molecule has 0 aliphatic carbocycles. The first kappa shape index (κ1) is 20.4. The van der Waals surface area contributed by atoms with Crippen LogP contribution in [0.2, 0.25) is 0 Å². The lowest BCUT2D eigenvalue weighted by molar-refractivity contribution is -0.0261. The standard InChI is InChI=1S/C23H30N2O3/c1-18-8-6-7-11-20(18)21(19-9-4-3-5-10-19)24-22(27)25(2)16-23(17-26)12-14-28-15-13-23/h3-11,21,26H,12-17H2,1-2H3,(H,24,27)/t21-/m1/s1. The molecular formula is C23H30N2O3. The summed E-state index contributed by atoms with van der Waals surface area (Å²) < 4.78 is 5.43. The molecule has 1 saturated heterocycles. The Morgan fingerprint density at radius 3 is 2.43 bits per heavy atom. The first-order valence-electron chi connectivity index (χ1n) is 9.85. The molecule has 5 heteroatoms. The average Bonchev–Trinajstić information content (AvgIpc) is 2.73. The summed E-state index contributed by atoms with van der Waals surface area (Å²) in [5.41, 5.74) is 2.98. The van der Waals surface area contributed by atoms with Crippen LogP contribution in [0.4, 0.5) is 4.79 Å². The summed E-state index contributed by atoms with van der Waals surface area (Å²) in [6.45, 7) is 3.89. The van der Waals surface area contributed by atoms with Gasteiger partial charge < -0.3 is 20.1 Å². The fourth-order valence-electron chi connectivity index (χ4n) is 3.88. The van der Waals surface area contributed by atoms with Crippen LogP contribution < -0.4 is 5.32 Å². The van der Waals surface area contributed by atoms with Crippen molar-refractivity contribution in [2.45, 2.75) is 25.8 Å². The number of aliphatic hydroxyl groups is 1. The molecule has 2 aromatic rings. The van der Waals surface area contributed by atoms with E-state index in [0.717, 1.165) is 29.5 Å². The molecule has 2 amide bonds. The zero-order valence-corrected chi connectivity index (χ0v) is 16.7. The Kier molecular flexibility index (Phi) is 6.70. The molecule has 1 atom stereocenters. The van der Waals surface area contributed by atoms with E-state index in [1.807, 2.05) is 42.5 Å². The van der Waals surface area contributed by atoms with Crippen LogP contribution >= 0.6 is 0 Å². The molecule has 1 aliphatic heterocycles. The lowest BCUT2D eigenvalue weighted by Gasteiger charge is -2.38. The van der Waals surface area contributed by atoms with Crippen LogP contribution in [0.3, 0.4) is 0 Å². The Labute approximate surface area is 167 Å². The third-order valence-corrected chi connectivity index (χ3v) is 5.71. The second kappa shape index (κ2) is 9.22. The van der Waals surface area contributed by atoms with Gasteiger partial charge in [-0.15, -0.1) is 0 Å². The highest BCUT2D eigenvalue weighted by Crippen LogP contribution is 2.31. The Morgan fingerprint density at radius 1 is 1.14 bits per heavy atom. The molecule has 0 spiro atoms. The normalized spacial score (nSPS) is 17.0. The van der Waals surface area contributed by atoms with Gasteiger partial charge in [0.15, 0.2) is 0 Å². The number of amides is 2. The van der Waals surface area contributed by atoms with Gasteiger partial charge in [0.1, 0.15) is 0 Å². The van der Waals surface area contributed by atoms with E-state index in [9.17, 15) is 9.90 Å². The fourth-order valence-corrected chi connectivity index (χ4v) is 3.88. The van der Waals surface area contributed by atoms with Crippen LogP contribution in [0.25, 0.3) is 0 Å². The van der Waals surface area contributed by atoms with Crippen molar-refractivity contribution in [2.75, 3.05) is 33.4 Å². The van der Waals surface area contributed by atoms with Gasteiger partial charge in [-0.05, 0) is 36.5 Å². The number of ether oxygens (including phenoxy) is 1. The molecule has 0 radical (unpaired) electrons. The van der Waals surface area contributed by atoms with Crippen molar-refractivity contribution in [3.8, 4) is 0 Å². The van der Waals surface area contributed by atoms with Gasteiger partial charge in [-0.3, -0.25) is 0 Å². The van der Waals surface area contributed by atoms with Gasteiger partial charge in [0.2, 0.25) is 0 Å². The van der Waals surface area contributed by atoms with Gasteiger partial charge in [0.25, 0.3) is 0 Å². The zero-order valence-electron chi connectivity index (χ0n) is 16.7. The van der Waals surface area contributed by atoms with Crippen molar-refractivity contribution < 1.29 is 14.6 Å². The number of hydrogen-bond donors (Lipinski definition) is 2. The Hall–Kier alpha value is -2.37.